The molecule has 4 atom stereocenters. The van der Waals surface area contributed by atoms with E-state index in [-0.39, 0.29) is 30.2 Å². The highest BCUT2D eigenvalue weighted by Crippen LogP contribution is 2.45. The second kappa shape index (κ2) is 8.21. The zero-order valence-electron chi connectivity index (χ0n) is 16.7. The topological polar surface area (TPSA) is 106 Å². The minimum atomic E-state index is -0.789. The highest BCUT2D eigenvalue weighted by atomic mass is 35.5. The lowest BCUT2D eigenvalue weighted by atomic mass is 9.98. The van der Waals surface area contributed by atoms with E-state index in [0.29, 0.717) is 19.4 Å². The quantitative estimate of drug-likeness (QED) is 0.575. The van der Waals surface area contributed by atoms with Crippen LogP contribution in [0.1, 0.15) is 36.6 Å². The van der Waals surface area contributed by atoms with E-state index in [2.05, 4.69) is 33.0 Å². The average Bonchev–Trinajstić information content (AvgIpc) is 3.42. The van der Waals surface area contributed by atoms with Gasteiger partial charge in [0.05, 0.1) is 18.4 Å². The Morgan fingerprint density at radius 2 is 2.28 bits per heavy atom. The maximum Gasteiger partial charge on any atom is 0.240 e. The predicted octanol–water partition coefficient (Wildman–Crippen LogP) is 1.24. The Hall–Kier alpha value is -1.69. The van der Waals surface area contributed by atoms with E-state index in [1.807, 2.05) is 19.1 Å². The zero-order chi connectivity index (χ0) is 20.6. The van der Waals surface area contributed by atoms with Crippen molar-refractivity contribution in [2.75, 3.05) is 26.2 Å². The molecule has 1 saturated carbocycles. The molecule has 2 heterocycles. The highest BCUT2D eigenvalue weighted by Gasteiger charge is 2.50. The number of likely N-dealkylation sites (tertiary alicyclic amines) is 1. The molecule has 1 amide bonds. The molecule has 0 aromatic heterocycles. The van der Waals surface area contributed by atoms with Crippen molar-refractivity contribution in [1.29, 1.82) is 5.26 Å². The van der Waals surface area contributed by atoms with Gasteiger partial charge in [-0.1, -0.05) is 23.7 Å². The molecule has 156 valence electrons. The van der Waals surface area contributed by atoms with Crippen LogP contribution in [0.2, 0.25) is 5.02 Å². The number of carbonyl (C=O) groups excluding carboxylic acids is 1. The number of rotatable bonds is 5. The Kier molecular flexibility index (Phi) is 5.83. The molecule has 5 N–H and O–H groups in total. The van der Waals surface area contributed by atoms with Crippen LogP contribution in [0.4, 0.5) is 0 Å². The van der Waals surface area contributed by atoms with Gasteiger partial charge in [0.2, 0.25) is 5.91 Å². The molecule has 8 heteroatoms. The third-order valence-corrected chi connectivity index (χ3v) is 6.88. The van der Waals surface area contributed by atoms with E-state index < -0.39 is 5.41 Å². The molecular weight excluding hydrogens is 388 g/mol. The van der Waals surface area contributed by atoms with Crippen LogP contribution in [0.25, 0.3) is 0 Å². The number of hydrogen-bond donors (Lipinski definition) is 4. The standard InChI is InChI=1S/C21H29ClN6O/c1-13-2-3-14(8-17(13)22)18-25-9-15(10-26-20(29)21(12-23)5-6-21)19(27-18)28-7-4-16(24)11-28/h2-3,8,15-16,18-19,25,27H,4-7,9-11,24H2,1H3,(H,26,29)/t15?,16-,18?,19?/m0/s1. The summed E-state index contributed by atoms with van der Waals surface area (Å²) < 4.78 is 0. The molecule has 1 aliphatic carbocycles. The molecule has 1 aromatic carbocycles. The van der Waals surface area contributed by atoms with Crippen molar-refractivity contribution in [2.24, 2.45) is 17.1 Å². The maximum atomic E-state index is 12.4. The summed E-state index contributed by atoms with van der Waals surface area (Å²) in [5.41, 5.74) is 7.52. The van der Waals surface area contributed by atoms with Gasteiger partial charge in [0, 0.05) is 43.2 Å². The molecule has 3 unspecified atom stereocenters. The monoisotopic (exact) mass is 416 g/mol. The van der Waals surface area contributed by atoms with Gasteiger partial charge in [-0.3, -0.25) is 20.3 Å². The van der Waals surface area contributed by atoms with Gasteiger partial charge in [-0.05, 0) is 43.4 Å². The number of benzene rings is 1. The van der Waals surface area contributed by atoms with Crippen LogP contribution in [0.15, 0.2) is 18.2 Å². The van der Waals surface area contributed by atoms with Crippen LogP contribution < -0.4 is 21.7 Å². The Balaban J connectivity index is 1.46. The molecule has 29 heavy (non-hydrogen) atoms. The van der Waals surface area contributed by atoms with Crippen LogP contribution in [-0.2, 0) is 4.79 Å². The van der Waals surface area contributed by atoms with E-state index in [1.165, 1.54) is 0 Å². The molecule has 4 rings (SSSR count). The summed E-state index contributed by atoms with van der Waals surface area (Å²) >= 11 is 6.33. The number of nitrogens with two attached hydrogens (primary N) is 1. The first-order chi connectivity index (χ1) is 13.9. The van der Waals surface area contributed by atoms with Crippen molar-refractivity contribution in [1.82, 2.24) is 20.9 Å². The van der Waals surface area contributed by atoms with E-state index in [4.69, 9.17) is 17.3 Å². The summed E-state index contributed by atoms with van der Waals surface area (Å²) in [4.78, 5) is 14.8. The van der Waals surface area contributed by atoms with Crippen molar-refractivity contribution in [3.8, 4) is 6.07 Å². The number of nitriles is 1. The van der Waals surface area contributed by atoms with Crippen LogP contribution in [0, 0.1) is 29.6 Å². The summed E-state index contributed by atoms with van der Waals surface area (Å²) in [5.74, 6) is 0.0419. The van der Waals surface area contributed by atoms with Gasteiger partial charge in [-0.25, -0.2) is 0 Å². The summed E-state index contributed by atoms with van der Waals surface area (Å²) in [7, 11) is 0. The maximum absolute atomic E-state index is 12.4. The Bertz CT molecular complexity index is 820. The molecule has 3 fully saturated rings. The van der Waals surface area contributed by atoms with E-state index in [9.17, 15) is 10.1 Å². The molecule has 1 aromatic rings. The number of aryl methyl sites for hydroxylation is 1. The first-order valence-corrected chi connectivity index (χ1v) is 10.7. The first-order valence-electron chi connectivity index (χ1n) is 10.4. The van der Waals surface area contributed by atoms with Crippen molar-refractivity contribution in [2.45, 2.75) is 44.6 Å². The molecule has 2 saturated heterocycles. The largest absolute Gasteiger partial charge is 0.354 e. The lowest BCUT2D eigenvalue weighted by Gasteiger charge is -2.43. The van der Waals surface area contributed by atoms with Crippen LogP contribution in [0.5, 0.6) is 0 Å². The van der Waals surface area contributed by atoms with Crippen molar-refractivity contribution in [3.05, 3.63) is 34.3 Å². The normalized spacial score (nSPS) is 31.2. The van der Waals surface area contributed by atoms with Crippen molar-refractivity contribution < 1.29 is 4.79 Å². The number of halogens is 1. The van der Waals surface area contributed by atoms with Crippen LogP contribution in [-0.4, -0.2) is 49.2 Å². The van der Waals surface area contributed by atoms with Gasteiger partial charge in [-0.2, -0.15) is 5.26 Å². The van der Waals surface area contributed by atoms with Crippen LogP contribution in [0.3, 0.4) is 0 Å². The summed E-state index contributed by atoms with van der Waals surface area (Å²) in [6.07, 6.45) is 2.38. The van der Waals surface area contributed by atoms with E-state index in [0.717, 1.165) is 42.2 Å². The summed E-state index contributed by atoms with van der Waals surface area (Å²) in [6.45, 7) is 5.05. The Morgan fingerprint density at radius 1 is 1.48 bits per heavy atom. The fraction of sp³-hybridized carbons (Fsp3) is 0.619. The van der Waals surface area contributed by atoms with Gasteiger partial charge in [0.25, 0.3) is 0 Å². The molecule has 0 spiro atoms. The van der Waals surface area contributed by atoms with Gasteiger partial charge in [0.1, 0.15) is 5.41 Å². The minimum absolute atomic E-state index is 0.0178. The number of nitrogens with zero attached hydrogens (tertiary/aromatic N) is 2. The number of amides is 1. The van der Waals surface area contributed by atoms with E-state index >= 15 is 0 Å². The minimum Gasteiger partial charge on any atom is -0.354 e. The van der Waals surface area contributed by atoms with Gasteiger partial charge < -0.3 is 11.1 Å². The fourth-order valence-corrected chi connectivity index (χ4v) is 4.50. The molecular formula is C21H29ClN6O. The Labute approximate surface area is 176 Å². The third kappa shape index (κ3) is 4.27. The summed E-state index contributed by atoms with van der Waals surface area (Å²) in [5, 5.41) is 20.3. The van der Waals surface area contributed by atoms with Gasteiger partial charge in [0.15, 0.2) is 0 Å². The van der Waals surface area contributed by atoms with Gasteiger partial charge in [-0.15, -0.1) is 0 Å². The molecule has 7 nitrogen and oxygen atoms in total. The van der Waals surface area contributed by atoms with Gasteiger partial charge >= 0.3 is 0 Å². The SMILES string of the molecule is Cc1ccc(C2NCC(CNC(=O)C3(C#N)CC3)C(N3CC[C@H](N)C3)N2)cc1Cl. The Morgan fingerprint density at radius 3 is 2.90 bits per heavy atom. The third-order valence-electron chi connectivity index (χ3n) is 6.47. The fourth-order valence-electron chi connectivity index (χ4n) is 4.31. The number of carbonyl (C=O) groups is 1. The second-order valence-electron chi connectivity index (χ2n) is 8.67. The van der Waals surface area contributed by atoms with E-state index in [1.54, 1.807) is 0 Å². The smallest absolute Gasteiger partial charge is 0.240 e. The number of hydrogen-bond acceptors (Lipinski definition) is 6. The van der Waals surface area contributed by atoms with Crippen molar-refractivity contribution in [3.63, 3.8) is 0 Å². The number of nitrogens with one attached hydrogen (secondary N) is 3. The molecule has 3 aliphatic rings. The lowest BCUT2D eigenvalue weighted by molar-refractivity contribution is -0.124. The van der Waals surface area contributed by atoms with Crippen LogP contribution >= 0.6 is 11.6 Å². The zero-order valence-corrected chi connectivity index (χ0v) is 17.5. The second-order valence-corrected chi connectivity index (χ2v) is 9.08. The predicted molar refractivity (Wildman–Crippen MR) is 112 cm³/mol. The van der Waals surface area contributed by atoms with Crippen molar-refractivity contribution >= 4 is 17.5 Å². The molecule has 0 radical (unpaired) electrons. The molecule has 0 bridgehead atoms. The summed E-state index contributed by atoms with van der Waals surface area (Å²) in [6, 6.07) is 8.47. The molecule has 2 aliphatic heterocycles. The lowest BCUT2D eigenvalue weighted by Crippen LogP contribution is -2.62. The first kappa shape index (κ1) is 20.6. The average molecular weight is 417 g/mol. The highest BCUT2D eigenvalue weighted by molar-refractivity contribution is 6.31.